The molecule has 1 aliphatic carbocycles. The quantitative estimate of drug-likeness (QED) is 0.825. The van der Waals surface area contributed by atoms with Crippen LogP contribution in [-0.2, 0) is 0 Å². The van der Waals surface area contributed by atoms with Crippen LogP contribution in [0, 0.1) is 5.92 Å². The first-order valence-electron chi connectivity index (χ1n) is 6.70. The molecule has 0 amide bonds. The summed E-state index contributed by atoms with van der Waals surface area (Å²) >= 11 is 3.88. The van der Waals surface area contributed by atoms with Crippen molar-refractivity contribution < 1.29 is 0 Å². The van der Waals surface area contributed by atoms with Gasteiger partial charge in [0.15, 0.2) is 0 Å². The molecule has 0 aliphatic heterocycles. The Morgan fingerprint density at radius 3 is 2.82 bits per heavy atom. The summed E-state index contributed by atoms with van der Waals surface area (Å²) in [5.74, 6) is 2.25. The average molecular weight is 269 g/mol. The number of hydrogen-bond acceptors (Lipinski definition) is 3. The summed E-state index contributed by atoms with van der Waals surface area (Å²) in [7, 11) is 0. The van der Waals surface area contributed by atoms with E-state index in [4.69, 9.17) is 5.73 Å². The SMILES string of the molecule is CCC(N)C(SCC1CCCC1)c1ccsc1. The Bertz CT molecular complexity index is 304. The largest absolute Gasteiger partial charge is 0.326 e. The van der Waals surface area contributed by atoms with Gasteiger partial charge < -0.3 is 5.73 Å². The zero-order valence-corrected chi connectivity index (χ0v) is 12.2. The molecule has 1 aromatic rings. The molecule has 1 saturated carbocycles. The zero-order chi connectivity index (χ0) is 12.1. The average Bonchev–Trinajstić information content (AvgIpc) is 3.01. The van der Waals surface area contributed by atoms with Crippen LogP contribution in [-0.4, -0.2) is 11.8 Å². The Morgan fingerprint density at radius 1 is 1.47 bits per heavy atom. The van der Waals surface area contributed by atoms with Crippen LogP contribution < -0.4 is 5.73 Å². The molecule has 96 valence electrons. The normalized spacial score (nSPS) is 20.6. The maximum absolute atomic E-state index is 6.28. The second-order valence-electron chi connectivity index (χ2n) is 5.03. The predicted molar refractivity (Wildman–Crippen MR) is 79.7 cm³/mol. The van der Waals surface area contributed by atoms with Gasteiger partial charge >= 0.3 is 0 Å². The molecule has 1 nitrogen and oxygen atoms in total. The minimum absolute atomic E-state index is 0.302. The molecule has 0 radical (unpaired) electrons. The van der Waals surface area contributed by atoms with Crippen molar-refractivity contribution in [2.45, 2.75) is 50.3 Å². The summed E-state index contributed by atoms with van der Waals surface area (Å²) in [4.78, 5) is 0. The summed E-state index contributed by atoms with van der Waals surface area (Å²) in [5, 5.41) is 4.94. The monoisotopic (exact) mass is 269 g/mol. The summed E-state index contributed by atoms with van der Waals surface area (Å²) in [6.45, 7) is 2.19. The molecule has 0 bridgehead atoms. The highest BCUT2D eigenvalue weighted by atomic mass is 32.2. The van der Waals surface area contributed by atoms with Crippen LogP contribution in [0.15, 0.2) is 16.8 Å². The second kappa shape index (κ2) is 6.81. The molecule has 17 heavy (non-hydrogen) atoms. The Kier molecular flexibility index (Phi) is 5.39. The highest BCUT2D eigenvalue weighted by Crippen LogP contribution is 2.38. The standard InChI is InChI=1S/C14H23NS2/c1-2-13(15)14(12-7-8-16-10-12)17-9-11-5-3-4-6-11/h7-8,10-11,13-14H,2-6,9,15H2,1H3. The van der Waals surface area contributed by atoms with Gasteiger partial charge in [-0.2, -0.15) is 23.1 Å². The topological polar surface area (TPSA) is 26.0 Å². The van der Waals surface area contributed by atoms with E-state index < -0.39 is 0 Å². The molecule has 2 unspecified atom stereocenters. The lowest BCUT2D eigenvalue weighted by Crippen LogP contribution is -2.26. The Morgan fingerprint density at radius 2 is 2.24 bits per heavy atom. The predicted octanol–water partition coefficient (Wildman–Crippen LogP) is 4.45. The summed E-state index contributed by atoms with van der Waals surface area (Å²) < 4.78 is 0. The highest BCUT2D eigenvalue weighted by Gasteiger charge is 2.22. The van der Waals surface area contributed by atoms with E-state index in [2.05, 4.69) is 35.5 Å². The van der Waals surface area contributed by atoms with Gasteiger partial charge in [-0.3, -0.25) is 0 Å². The van der Waals surface area contributed by atoms with Crippen LogP contribution in [0.4, 0.5) is 0 Å². The van der Waals surface area contributed by atoms with Gasteiger partial charge in [-0.1, -0.05) is 19.8 Å². The van der Waals surface area contributed by atoms with Crippen LogP contribution in [0.3, 0.4) is 0 Å². The van der Waals surface area contributed by atoms with Crippen molar-refractivity contribution in [1.82, 2.24) is 0 Å². The van der Waals surface area contributed by atoms with Crippen LogP contribution in [0.25, 0.3) is 0 Å². The van der Waals surface area contributed by atoms with Crippen molar-refractivity contribution in [3.8, 4) is 0 Å². The third-order valence-corrected chi connectivity index (χ3v) is 6.06. The highest BCUT2D eigenvalue weighted by molar-refractivity contribution is 7.99. The minimum atomic E-state index is 0.302. The van der Waals surface area contributed by atoms with Gasteiger partial charge in [0.25, 0.3) is 0 Å². The molecule has 3 heteroatoms. The Balaban J connectivity index is 1.91. The second-order valence-corrected chi connectivity index (χ2v) is 6.99. The van der Waals surface area contributed by atoms with Crippen LogP contribution in [0.5, 0.6) is 0 Å². The molecule has 2 rings (SSSR count). The van der Waals surface area contributed by atoms with Crippen molar-refractivity contribution in [1.29, 1.82) is 0 Å². The van der Waals surface area contributed by atoms with Crippen molar-refractivity contribution >= 4 is 23.1 Å². The van der Waals surface area contributed by atoms with Gasteiger partial charge in [0, 0.05) is 11.3 Å². The summed E-state index contributed by atoms with van der Waals surface area (Å²) in [6, 6.07) is 2.54. The minimum Gasteiger partial charge on any atom is -0.326 e. The van der Waals surface area contributed by atoms with Crippen LogP contribution >= 0.6 is 23.1 Å². The van der Waals surface area contributed by atoms with Crippen LogP contribution in [0.2, 0.25) is 0 Å². The van der Waals surface area contributed by atoms with Crippen LogP contribution in [0.1, 0.15) is 49.8 Å². The molecule has 2 atom stereocenters. The number of nitrogens with two attached hydrogens (primary N) is 1. The molecular weight excluding hydrogens is 246 g/mol. The van der Waals surface area contributed by atoms with E-state index in [9.17, 15) is 0 Å². The fraction of sp³-hybridized carbons (Fsp3) is 0.714. The molecule has 0 aromatic carbocycles. The van der Waals surface area contributed by atoms with E-state index in [1.807, 2.05) is 0 Å². The van der Waals surface area contributed by atoms with Crippen molar-refractivity contribution in [2.24, 2.45) is 11.7 Å². The number of thioether (sulfide) groups is 1. The van der Waals surface area contributed by atoms with E-state index in [1.165, 1.54) is 37.0 Å². The summed E-state index contributed by atoms with van der Waals surface area (Å²) in [5.41, 5.74) is 7.71. The van der Waals surface area contributed by atoms with E-state index in [1.54, 1.807) is 11.3 Å². The van der Waals surface area contributed by atoms with E-state index in [0.717, 1.165) is 12.3 Å². The van der Waals surface area contributed by atoms with E-state index in [-0.39, 0.29) is 0 Å². The fourth-order valence-corrected chi connectivity index (χ4v) is 4.91. The molecular formula is C14H23NS2. The first-order chi connectivity index (χ1) is 8.31. The lowest BCUT2D eigenvalue weighted by Gasteiger charge is -2.23. The van der Waals surface area contributed by atoms with Gasteiger partial charge in [-0.15, -0.1) is 0 Å². The Hall–Kier alpha value is 0.01000. The first-order valence-corrected chi connectivity index (χ1v) is 8.69. The molecule has 1 fully saturated rings. The van der Waals surface area contributed by atoms with Gasteiger partial charge in [0.2, 0.25) is 0 Å². The maximum Gasteiger partial charge on any atom is 0.0456 e. The lowest BCUT2D eigenvalue weighted by atomic mass is 10.1. The van der Waals surface area contributed by atoms with E-state index >= 15 is 0 Å². The van der Waals surface area contributed by atoms with Crippen molar-refractivity contribution in [2.75, 3.05) is 5.75 Å². The molecule has 1 aliphatic rings. The van der Waals surface area contributed by atoms with Gasteiger partial charge in [-0.25, -0.2) is 0 Å². The number of rotatable bonds is 6. The molecule has 0 saturated heterocycles. The van der Waals surface area contributed by atoms with E-state index in [0.29, 0.717) is 11.3 Å². The first kappa shape index (κ1) is 13.4. The smallest absolute Gasteiger partial charge is 0.0456 e. The molecule has 0 spiro atoms. The van der Waals surface area contributed by atoms with Gasteiger partial charge in [-0.05, 0) is 53.3 Å². The number of thiophene rings is 1. The third-order valence-electron chi connectivity index (χ3n) is 3.72. The maximum atomic E-state index is 6.28. The van der Waals surface area contributed by atoms with Gasteiger partial charge in [0.05, 0.1) is 0 Å². The molecule has 1 heterocycles. The number of hydrogen-bond donors (Lipinski definition) is 1. The van der Waals surface area contributed by atoms with Crippen molar-refractivity contribution in [3.63, 3.8) is 0 Å². The molecule has 2 N–H and O–H groups in total. The Labute approximate surface area is 113 Å². The molecule has 1 aromatic heterocycles. The summed E-state index contributed by atoms with van der Waals surface area (Å²) in [6.07, 6.45) is 6.82. The fourth-order valence-electron chi connectivity index (χ4n) is 2.53. The third kappa shape index (κ3) is 3.73. The lowest BCUT2D eigenvalue weighted by molar-refractivity contribution is 0.608. The van der Waals surface area contributed by atoms with Gasteiger partial charge in [0.1, 0.15) is 0 Å². The van der Waals surface area contributed by atoms with Crippen molar-refractivity contribution in [3.05, 3.63) is 22.4 Å². The zero-order valence-electron chi connectivity index (χ0n) is 10.6.